The molecule has 0 fully saturated rings. The van der Waals surface area contributed by atoms with Crippen molar-refractivity contribution in [3.63, 3.8) is 0 Å². The predicted molar refractivity (Wildman–Crippen MR) is 83.2 cm³/mol. The Hall–Kier alpha value is -2.52. The molecule has 3 aromatic heterocycles. The minimum atomic E-state index is -0.377. The molecule has 22 heavy (non-hydrogen) atoms. The highest BCUT2D eigenvalue weighted by atomic mass is 32.1. The van der Waals surface area contributed by atoms with E-state index in [0.717, 1.165) is 0 Å². The van der Waals surface area contributed by atoms with Gasteiger partial charge in [0.2, 0.25) is 5.91 Å². The van der Waals surface area contributed by atoms with Crippen LogP contribution >= 0.6 is 22.7 Å². The maximum Gasteiger partial charge on any atom is 0.293 e. The van der Waals surface area contributed by atoms with Crippen LogP contribution < -0.4 is 10.6 Å². The van der Waals surface area contributed by atoms with Gasteiger partial charge in [0.15, 0.2) is 16.0 Å². The van der Waals surface area contributed by atoms with Crippen molar-refractivity contribution in [2.45, 2.75) is 6.42 Å². The number of aromatic nitrogens is 2. The molecule has 0 saturated carbocycles. The highest BCUT2D eigenvalue weighted by Gasteiger charge is 2.13. The first-order chi connectivity index (χ1) is 10.7. The molecule has 0 aromatic carbocycles. The summed E-state index contributed by atoms with van der Waals surface area (Å²) in [6.45, 7) is 0. The zero-order valence-electron chi connectivity index (χ0n) is 11.1. The highest BCUT2D eigenvalue weighted by molar-refractivity contribution is 7.14. The monoisotopic (exact) mass is 334 g/mol. The Bertz CT molecular complexity index is 765. The number of hydrogen-bond donors (Lipinski definition) is 2. The Balaban J connectivity index is 1.57. The standard InChI is InChI=1S/C13H10N4O3S2/c18-10(16-12-14-3-5-21-12)6-8-7-22-13(15-8)17-11(19)9-2-1-4-20-9/h1-5,7H,6H2,(H,14,16,18)(H,15,17,19). The molecule has 0 atom stereocenters. The highest BCUT2D eigenvalue weighted by Crippen LogP contribution is 2.18. The predicted octanol–water partition coefficient (Wildman–Crippen LogP) is 2.63. The van der Waals surface area contributed by atoms with Gasteiger partial charge in [0.1, 0.15) is 0 Å². The van der Waals surface area contributed by atoms with Crippen LogP contribution in [0.4, 0.5) is 10.3 Å². The molecule has 0 aliphatic carbocycles. The van der Waals surface area contributed by atoms with Crippen LogP contribution in [0.3, 0.4) is 0 Å². The first-order valence-electron chi connectivity index (χ1n) is 6.19. The van der Waals surface area contributed by atoms with Crippen molar-refractivity contribution < 1.29 is 14.0 Å². The van der Waals surface area contributed by atoms with Crippen molar-refractivity contribution >= 4 is 44.8 Å². The summed E-state index contributed by atoms with van der Waals surface area (Å²) in [5.41, 5.74) is 0.578. The summed E-state index contributed by atoms with van der Waals surface area (Å²) < 4.78 is 4.99. The number of thiazole rings is 2. The number of anilines is 2. The summed E-state index contributed by atoms with van der Waals surface area (Å²) >= 11 is 2.59. The van der Waals surface area contributed by atoms with Crippen LogP contribution in [0.15, 0.2) is 39.8 Å². The van der Waals surface area contributed by atoms with Crippen molar-refractivity contribution in [3.8, 4) is 0 Å². The van der Waals surface area contributed by atoms with Gasteiger partial charge >= 0.3 is 0 Å². The summed E-state index contributed by atoms with van der Waals surface area (Å²) in [5.74, 6) is -0.374. The molecule has 0 radical (unpaired) electrons. The van der Waals surface area contributed by atoms with E-state index < -0.39 is 0 Å². The molecule has 0 bridgehead atoms. The SMILES string of the molecule is O=C(Cc1csc(NC(=O)c2ccco2)n1)Nc1nccs1. The molecule has 3 heterocycles. The van der Waals surface area contributed by atoms with E-state index >= 15 is 0 Å². The zero-order chi connectivity index (χ0) is 15.4. The second kappa shape index (κ2) is 6.50. The number of nitrogens with zero attached hydrogens (tertiary/aromatic N) is 2. The fourth-order valence-electron chi connectivity index (χ4n) is 1.63. The van der Waals surface area contributed by atoms with Gasteiger partial charge in [-0.1, -0.05) is 0 Å². The van der Waals surface area contributed by atoms with E-state index in [1.165, 1.54) is 28.9 Å². The van der Waals surface area contributed by atoms with E-state index in [-0.39, 0.29) is 24.0 Å². The van der Waals surface area contributed by atoms with Gasteiger partial charge in [-0.05, 0) is 12.1 Å². The molecule has 0 spiro atoms. The van der Waals surface area contributed by atoms with Crippen LogP contribution in [0.2, 0.25) is 0 Å². The molecule has 7 nitrogen and oxygen atoms in total. The average molecular weight is 334 g/mol. The van der Waals surface area contributed by atoms with Crippen molar-refractivity contribution in [2.75, 3.05) is 10.6 Å². The molecular formula is C13H10N4O3S2. The van der Waals surface area contributed by atoms with E-state index in [0.29, 0.717) is 16.0 Å². The van der Waals surface area contributed by atoms with Crippen LogP contribution in [0.5, 0.6) is 0 Å². The first kappa shape index (κ1) is 14.4. The summed E-state index contributed by atoms with van der Waals surface area (Å²) in [7, 11) is 0. The lowest BCUT2D eigenvalue weighted by atomic mass is 10.3. The van der Waals surface area contributed by atoms with Gasteiger partial charge in [0.25, 0.3) is 5.91 Å². The smallest absolute Gasteiger partial charge is 0.293 e. The molecule has 3 aromatic rings. The fourth-order valence-corrected chi connectivity index (χ4v) is 2.88. The number of amides is 2. The molecule has 0 saturated heterocycles. The van der Waals surface area contributed by atoms with Gasteiger partial charge in [-0.2, -0.15) is 0 Å². The molecular weight excluding hydrogens is 324 g/mol. The third kappa shape index (κ3) is 3.57. The number of furan rings is 1. The van der Waals surface area contributed by atoms with Gasteiger partial charge in [-0.3, -0.25) is 14.9 Å². The second-order valence-corrected chi connectivity index (χ2v) is 5.89. The van der Waals surface area contributed by atoms with Gasteiger partial charge in [-0.15, -0.1) is 22.7 Å². The molecule has 2 N–H and O–H groups in total. The number of rotatable bonds is 5. The minimum absolute atomic E-state index is 0.118. The van der Waals surface area contributed by atoms with Gasteiger partial charge < -0.3 is 9.73 Å². The Kier molecular flexibility index (Phi) is 4.26. The number of hydrogen-bond acceptors (Lipinski definition) is 7. The molecule has 0 unspecified atom stereocenters. The van der Waals surface area contributed by atoms with Crippen LogP contribution in [0.1, 0.15) is 16.2 Å². The topological polar surface area (TPSA) is 97.1 Å². The Morgan fingerprint density at radius 3 is 2.86 bits per heavy atom. The molecule has 0 aliphatic rings. The molecule has 3 rings (SSSR count). The summed E-state index contributed by atoms with van der Waals surface area (Å²) in [4.78, 5) is 31.8. The Labute approximate surface area is 133 Å². The Morgan fingerprint density at radius 2 is 2.14 bits per heavy atom. The van der Waals surface area contributed by atoms with Crippen LogP contribution in [0, 0.1) is 0 Å². The summed E-state index contributed by atoms with van der Waals surface area (Å²) in [6, 6.07) is 3.19. The lowest BCUT2D eigenvalue weighted by Gasteiger charge is -1.99. The second-order valence-electron chi connectivity index (χ2n) is 4.14. The van der Waals surface area contributed by atoms with Crippen molar-refractivity contribution in [2.24, 2.45) is 0 Å². The first-order valence-corrected chi connectivity index (χ1v) is 7.95. The largest absolute Gasteiger partial charge is 0.459 e. The van der Waals surface area contributed by atoms with Gasteiger partial charge in [-0.25, -0.2) is 9.97 Å². The Morgan fingerprint density at radius 1 is 1.23 bits per heavy atom. The third-order valence-corrected chi connectivity index (χ3v) is 4.03. The fraction of sp³-hybridized carbons (Fsp3) is 0.0769. The third-order valence-electron chi connectivity index (χ3n) is 2.54. The van der Waals surface area contributed by atoms with E-state index in [4.69, 9.17) is 4.42 Å². The lowest BCUT2D eigenvalue weighted by molar-refractivity contribution is -0.115. The molecule has 2 amide bonds. The van der Waals surface area contributed by atoms with Crippen LogP contribution in [0.25, 0.3) is 0 Å². The number of carbonyl (C=O) groups is 2. The number of carbonyl (C=O) groups excluding carboxylic acids is 2. The molecule has 0 aliphatic heterocycles. The quantitative estimate of drug-likeness (QED) is 0.747. The normalized spacial score (nSPS) is 10.4. The van der Waals surface area contributed by atoms with E-state index in [9.17, 15) is 9.59 Å². The number of nitrogens with one attached hydrogen (secondary N) is 2. The molecule has 112 valence electrons. The summed E-state index contributed by atoms with van der Waals surface area (Å²) in [5, 5.41) is 9.75. The maximum absolute atomic E-state index is 11.8. The molecule has 9 heteroatoms. The van der Waals surface area contributed by atoms with Crippen LogP contribution in [-0.4, -0.2) is 21.8 Å². The van der Waals surface area contributed by atoms with E-state index in [2.05, 4.69) is 20.6 Å². The van der Waals surface area contributed by atoms with Crippen molar-refractivity contribution in [3.05, 3.63) is 46.8 Å². The van der Waals surface area contributed by atoms with Crippen molar-refractivity contribution in [1.82, 2.24) is 9.97 Å². The lowest BCUT2D eigenvalue weighted by Crippen LogP contribution is -2.14. The van der Waals surface area contributed by atoms with Crippen LogP contribution in [-0.2, 0) is 11.2 Å². The summed E-state index contributed by atoms with van der Waals surface area (Å²) in [6.07, 6.45) is 3.16. The van der Waals surface area contributed by atoms with E-state index in [1.54, 1.807) is 29.1 Å². The zero-order valence-corrected chi connectivity index (χ0v) is 12.7. The minimum Gasteiger partial charge on any atom is -0.459 e. The van der Waals surface area contributed by atoms with Gasteiger partial charge in [0.05, 0.1) is 18.4 Å². The van der Waals surface area contributed by atoms with Gasteiger partial charge in [0, 0.05) is 17.0 Å². The van der Waals surface area contributed by atoms with E-state index in [1.807, 2.05) is 0 Å². The maximum atomic E-state index is 11.8. The average Bonchev–Trinajstić information content (AvgIpc) is 3.20. The van der Waals surface area contributed by atoms with Crippen molar-refractivity contribution in [1.29, 1.82) is 0 Å².